The van der Waals surface area contributed by atoms with Gasteiger partial charge in [0, 0.05) is 5.69 Å². The van der Waals surface area contributed by atoms with Crippen molar-refractivity contribution in [1.29, 1.82) is 5.41 Å². The second-order valence-electron chi connectivity index (χ2n) is 5.80. The van der Waals surface area contributed by atoms with Crippen LogP contribution in [-0.2, 0) is 24.1 Å². The highest BCUT2D eigenvalue weighted by Crippen LogP contribution is 2.10. The Hall–Kier alpha value is -2.53. The number of carbonyl (C=O) groups excluding carboxylic acids is 1. The zero-order chi connectivity index (χ0) is 17.4. The first-order valence-corrected chi connectivity index (χ1v) is 8.23. The third kappa shape index (κ3) is 5.28. The normalized spacial score (nSPS) is 10.4. The monoisotopic (exact) mass is 324 g/mol. The Bertz CT molecular complexity index is 695. The summed E-state index contributed by atoms with van der Waals surface area (Å²) in [5, 5.41) is 8.01. The predicted molar refractivity (Wildman–Crippen MR) is 95.9 cm³/mol. The minimum Gasteiger partial charge on any atom is -0.303 e. The highest BCUT2D eigenvalue weighted by molar-refractivity contribution is 5.96. The van der Waals surface area contributed by atoms with E-state index in [2.05, 4.69) is 17.3 Å². The second-order valence-corrected chi connectivity index (χ2v) is 5.80. The Balaban J connectivity index is 1.94. The summed E-state index contributed by atoms with van der Waals surface area (Å²) < 4.78 is 0. The van der Waals surface area contributed by atoms with E-state index in [4.69, 9.17) is 11.3 Å². The summed E-state index contributed by atoms with van der Waals surface area (Å²) in [6.45, 7) is 2.07. The van der Waals surface area contributed by atoms with Crippen LogP contribution >= 0.6 is 0 Å². The van der Waals surface area contributed by atoms with Gasteiger partial charge in [-0.2, -0.15) is 0 Å². The molecule has 0 spiro atoms. The number of carbonyl (C=O) groups is 1. The Labute approximate surface area is 142 Å². The van der Waals surface area contributed by atoms with Crippen LogP contribution in [0.15, 0.2) is 42.5 Å². The van der Waals surface area contributed by atoms with Crippen LogP contribution in [0.1, 0.15) is 42.3 Å². The van der Waals surface area contributed by atoms with Crippen molar-refractivity contribution in [2.24, 2.45) is 5.84 Å². The minimum absolute atomic E-state index is 0.196. The zero-order valence-corrected chi connectivity index (χ0v) is 14.0. The Morgan fingerprint density at radius 1 is 1.12 bits per heavy atom. The third-order valence-corrected chi connectivity index (χ3v) is 3.83. The molecule has 5 nitrogen and oxygen atoms in total. The van der Waals surface area contributed by atoms with Crippen molar-refractivity contribution in [3.8, 4) is 0 Å². The molecule has 0 aliphatic heterocycles. The maximum Gasteiger partial charge on any atom is 0.238 e. The third-order valence-electron chi connectivity index (χ3n) is 3.83. The first kappa shape index (κ1) is 17.8. The van der Waals surface area contributed by atoms with Crippen LogP contribution in [0.25, 0.3) is 0 Å². The van der Waals surface area contributed by atoms with Gasteiger partial charge >= 0.3 is 0 Å². The van der Waals surface area contributed by atoms with Crippen molar-refractivity contribution in [2.75, 3.05) is 0 Å². The van der Waals surface area contributed by atoms with E-state index in [1.165, 1.54) is 5.56 Å². The minimum atomic E-state index is -0.196. The van der Waals surface area contributed by atoms with E-state index in [-0.39, 0.29) is 5.91 Å². The summed E-state index contributed by atoms with van der Waals surface area (Å²) in [5.41, 5.74) is 6.64. The average Bonchev–Trinajstić information content (AvgIpc) is 2.61. The van der Waals surface area contributed by atoms with Crippen LogP contribution in [0.5, 0.6) is 0 Å². The molecule has 2 aromatic rings. The molecule has 0 atom stereocenters. The van der Waals surface area contributed by atoms with Gasteiger partial charge in [-0.1, -0.05) is 43.7 Å². The van der Waals surface area contributed by atoms with Gasteiger partial charge in [0.15, 0.2) is 0 Å². The number of nitrogens with one attached hydrogen (secondary N) is 2. The van der Waals surface area contributed by atoms with Crippen LogP contribution in [-0.4, -0.2) is 16.6 Å². The maximum atomic E-state index is 11.2. The molecule has 0 aliphatic carbocycles. The molecule has 1 aromatic heterocycles. The molecule has 126 valence electrons. The molecule has 0 bridgehead atoms. The topological polar surface area (TPSA) is 91.9 Å². The summed E-state index contributed by atoms with van der Waals surface area (Å²) in [6.07, 6.45) is 3.71. The fraction of sp³-hybridized carbons (Fsp3) is 0.316. The molecule has 1 aromatic carbocycles. The lowest BCUT2D eigenvalue weighted by Crippen LogP contribution is -2.31. The van der Waals surface area contributed by atoms with Crippen molar-refractivity contribution in [1.82, 2.24) is 10.4 Å². The number of amides is 1. The Kier molecular flexibility index (Phi) is 6.63. The van der Waals surface area contributed by atoms with Crippen molar-refractivity contribution >= 4 is 11.6 Å². The molecule has 1 amide bonds. The van der Waals surface area contributed by atoms with Gasteiger partial charge in [0.05, 0.1) is 17.8 Å². The molecular formula is C19H24N4O. The highest BCUT2D eigenvalue weighted by Gasteiger charge is 2.05. The zero-order valence-electron chi connectivity index (χ0n) is 14.0. The maximum absolute atomic E-state index is 11.2. The number of nitrogens with two attached hydrogens (primary N) is 1. The molecular weight excluding hydrogens is 300 g/mol. The van der Waals surface area contributed by atoms with Gasteiger partial charge in [0.2, 0.25) is 5.91 Å². The number of aryl methyl sites for hydroxylation is 2. The van der Waals surface area contributed by atoms with E-state index in [1.54, 1.807) is 0 Å². The van der Waals surface area contributed by atoms with Gasteiger partial charge in [0.25, 0.3) is 0 Å². The van der Waals surface area contributed by atoms with Crippen molar-refractivity contribution in [2.45, 2.75) is 39.0 Å². The summed E-state index contributed by atoms with van der Waals surface area (Å²) in [4.78, 5) is 15.8. The predicted octanol–water partition coefficient (Wildman–Crippen LogP) is 2.57. The quantitative estimate of drug-likeness (QED) is 0.301. The molecule has 1 heterocycles. The second kappa shape index (κ2) is 8.93. The smallest absolute Gasteiger partial charge is 0.238 e. The molecule has 0 saturated heterocycles. The molecule has 2 rings (SSSR count). The van der Waals surface area contributed by atoms with Crippen LogP contribution in [0.3, 0.4) is 0 Å². The fourth-order valence-corrected chi connectivity index (χ4v) is 2.50. The van der Waals surface area contributed by atoms with E-state index in [0.717, 1.165) is 42.6 Å². The standard InChI is InChI=1S/C19H24N4O/c1-2-4-17(20)18-6-3-5-16(22-18)12-11-14-7-9-15(10-8-14)13-19(24)23-21/h3,5-10,20H,2,4,11-13,21H2,1H3,(H,23,24). The number of hydrogen-bond acceptors (Lipinski definition) is 4. The van der Waals surface area contributed by atoms with E-state index in [0.29, 0.717) is 12.1 Å². The average molecular weight is 324 g/mol. The van der Waals surface area contributed by atoms with Crippen molar-refractivity contribution < 1.29 is 4.79 Å². The van der Waals surface area contributed by atoms with Crippen molar-refractivity contribution in [3.05, 3.63) is 65.0 Å². The lowest BCUT2D eigenvalue weighted by atomic mass is 10.0. The molecule has 0 aliphatic rings. The lowest BCUT2D eigenvalue weighted by molar-refractivity contribution is -0.120. The SMILES string of the molecule is CCCC(=N)c1cccc(CCc2ccc(CC(=O)NN)cc2)n1. The van der Waals surface area contributed by atoms with Crippen molar-refractivity contribution in [3.63, 3.8) is 0 Å². The summed E-state index contributed by atoms with van der Waals surface area (Å²) in [5.74, 6) is 4.90. The van der Waals surface area contributed by atoms with Crippen LogP contribution < -0.4 is 11.3 Å². The summed E-state index contributed by atoms with van der Waals surface area (Å²) in [6, 6.07) is 13.8. The first-order chi connectivity index (χ1) is 11.6. The number of pyridine rings is 1. The molecule has 0 fully saturated rings. The lowest BCUT2D eigenvalue weighted by Gasteiger charge is -2.06. The Morgan fingerprint density at radius 3 is 2.50 bits per heavy atom. The van der Waals surface area contributed by atoms with Gasteiger partial charge in [-0.15, -0.1) is 0 Å². The first-order valence-electron chi connectivity index (χ1n) is 8.23. The Morgan fingerprint density at radius 2 is 1.83 bits per heavy atom. The van der Waals surface area contributed by atoms with Gasteiger partial charge in [-0.25, -0.2) is 5.84 Å². The van der Waals surface area contributed by atoms with Gasteiger partial charge in [-0.3, -0.25) is 15.2 Å². The number of hydrazine groups is 1. The van der Waals surface area contributed by atoms with Crippen LogP contribution in [0, 0.1) is 5.41 Å². The van der Waals surface area contributed by atoms with E-state index in [9.17, 15) is 4.79 Å². The molecule has 0 saturated carbocycles. The molecule has 0 unspecified atom stereocenters. The number of nitrogens with zero attached hydrogens (tertiary/aromatic N) is 1. The molecule has 24 heavy (non-hydrogen) atoms. The van der Waals surface area contributed by atoms with E-state index in [1.807, 2.05) is 42.5 Å². The van der Waals surface area contributed by atoms with Crippen LogP contribution in [0.2, 0.25) is 0 Å². The van der Waals surface area contributed by atoms with Gasteiger partial charge in [-0.05, 0) is 42.5 Å². The molecule has 5 heteroatoms. The highest BCUT2D eigenvalue weighted by atomic mass is 16.2. The number of hydrogen-bond donors (Lipinski definition) is 3. The number of aromatic nitrogens is 1. The molecule has 4 N–H and O–H groups in total. The number of benzene rings is 1. The van der Waals surface area contributed by atoms with Crippen LogP contribution in [0.4, 0.5) is 0 Å². The van der Waals surface area contributed by atoms with Gasteiger partial charge < -0.3 is 5.41 Å². The largest absolute Gasteiger partial charge is 0.303 e. The number of rotatable bonds is 8. The fourth-order valence-electron chi connectivity index (χ4n) is 2.50. The summed E-state index contributed by atoms with van der Waals surface area (Å²) >= 11 is 0. The molecule has 0 radical (unpaired) electrons. The van der Waals surface area contributed by atoms with E-state index >= 15 is 0 Å². The summed E-state index contributed by atoms with van der Waals surface area (Å²) in [7, 11) is 0. The van der Waals surface area contributed by atoms with E-state index < -0.39 is 0 Å². The van der Waals surface area contributed by atoms with Gasteiger partial charge in [0.1, 0.15) is 0 Å².